The van der Waals surface area contributed by atoms with Crippen LogP contribution in [0.15, 0.2) is 27.6 Å². The van der Waals surface area contributed by atoms with E-state index < -0.39 is 0 Å². The Balaban J connectivity index is 2.62. The summed E-state index contributed by atoms with van der Waals surface area (Å²) in [6, 6.07) is 2.93. The second-order valence-corrected chi connectivity index (χ2v) is 4.71. The van der Waals surface area contributed by atoms with Crippen molar-refractivity contribution in [1.29, 1.82) is 0 Å². The summed E-state index contributed by atoms with van der Waals surface area (Å²) in [7, 11) is 0. The number of carbonyl (C=O) groups excluding carboxylic acids is 1. The van der Waals surface area contributed by atoms with Gasteiger partial charge >= 0.3 is 0 Å². The molecule has 1 rings (SSSR count). The van der Waals surface area contributed by atoms with Crippen molar-refractivity contribution in [3.05, 3.63) is 33.2 Å². The minimum atomic E-state index is -0.244. The summed E-state index contributed by atoms with van der Waals surface area (Å²) in [4.78, 5) is 23.0. The molecule has 1 aromatic heterocycles. The Morgan fingerprint density at radius 1 is 1.59 bits per heavy atom. The van der Waals surface area contributed by atoms with E-state index in [9.17, 15) is 9.59 Å². The van der Waals surface area contributed by atoms with Gasteiger partial charge < -0.3 is 15.0 Å². The molecule has 0 fully saturated rings. The third-order valence-corrected chi connectivity index (χ3v) is 2.70. The van der Waals surface area contributed by atoms with Gasteiger partial charge in [-0.15, -0.1) is 0 Å². The van der Waals surface area contributed by atoms with Crippen molar-refractivity contribution in [3.63, 3.8) is 0 Å². The molecule has 0 saturated carbocycles. The predicted octanol–water partition coefficient (Wildman–Crippen LogP) is 0.498. The number of halogens is 1. The van der Waals surface area contributed by atoms with Crippen LogP contribution in [0.5, 0.6) is 0 Å². The average molecular weight is 303 g/mol. The number of aliphatic hydroxyl groups is 1. The summed E-state index contributed by atoms with van der Waals surface area (Å²) >= 11 is 3.24. The van der Waals surface area contributed by atoms with Gasteiger partial charge in [-0.1, -0.05) is 0 Å². The zero-order chi connectivity index (χ0) is 12.8. The number of nitrogens with one attached hydrogen (secondary N) is 1. The van der Waals surface area contributed by atoms with Gasteiger partial charge in [-0.2, -0.15) is 0 Å². The van der Waals surface area contributed by atoms with E-state index in [1.807, 2.05) is 0 Å². The molecular weight excluding hydrogens is 288 g/mol. The van der Waals surface area contributed by atoms with Crippen LogP contribution in [0.3, 0.4) is 0 Å². The first-order valence-electron chi connectivity index (χ1n) is 5.29. The van der Waals surface area contributed by atoms with Crippen LogP contribution < -0.4 is 10.9 Å². The highest BCUT2D eigenvalue weighted by Crippen LogP contribution is 2.04. The first-order valence-corrected chi connectivity index (χ1v) is 6.08. The van der Waals surface area contributed by atoms with Gasteiger partial charge in [0.25, 0.3) is 5.56 Å². The standard InChI is InChI=1S/C11H15BrN2O3/c1-8(4-5-15)13-10(16)7-14-6-9(12)2-3-11(14)17/h2-3,6,8,15H,4-5,7H2,1H3,(H,13,16). The highest BCUT2D eigenvalue weighted by atomic mass is 79.9. The molecular formula is C11H15BrN2O3. The lowest BCUT2D eigenvalue weighted by molar-refractivity contribution is -0.122. The van der Waals surface area contributed by atoms with E-state index in [1.165, 1.54) is 10.6 Å². The van der Waals surface area contributed by atoms with Crippen molar-refractivity contribution in [1.82, 2.24) is 9.88 Å². The molecule has 1 unspecified atom stereocenters. The topological polar surface area (TPSA) is 71.3 Å². The summed E-state index contributed by atoms with van der Waals surface area (Å²) in [5, 5.41) is 11.4. The Morgan fingerprint density at radius 3 is 2.94 bits per heavy atom. The average Bonchev–Trinajstić information content (AvgIpc) is 2.23. The Morgan fingerprint density at radius 2 is 2.29 bits per heavy atom. The second-order valence-electron chi connectivity index (χ2n) is 3.79. The van der Waals surface area contributed by atoms with Gasteiger partial charge in [-0.25, -0.2) is 0 Å². The zero-order valence-electron chi connectivity index (χ0n) is 9.52. The molecule has 1 amide bonds. The van der Waals surface area contributed by atoms with Gasteiger partial charge in [0, 0.05) is 29.4 Å². The fraction of sp³-hybridized carbons (Fsp3) is 0.455. The monoisotopic (exact) mass is 302 g/mol. The molecule has 0 aromatic carbocycles. The molecule has 0 saturated heterocycles. The van der Waals surface area contributed by atoms with Crippen molar-refractivity contribution < 1.29 is 9.90 Å². The Hall–Kier alpha value is -1.14. The third kappa shape index (κ3) is 4.70. The van der Waals surface area contributed by atoms with Crippen LogP contribution in [-0.4, -0.2) is 28.2 Å². The highest BCUT2D eigenvalue weighted by Gasteiger charge is 2.08. The van der Waals surface area contributed by atoms with E-state index in [0.29, 0.717) is 6.42 Å². The van der Waals surface area contributed by atoms with Crippen molar-refractivity contribution in [2.75, 3.05) is 6.61 Å². The van der Waals surface area contributed by atoms with Crippen molar-refractivity contribution in [3.8, 4) is 0 Å². The Kier molecular flexibility index (Phi) is 5.37. The van der Waals surface area contributed by atoms with Crippen molar-refractivity contribution in [2.24, 2.45) is 0 Å². The maximum atomic E-state index is 11.6. The van der Waals surface area contributed by atoms with E-state index in [2.05, 4.69) is 21.2 Å². The summed E-state index contributed by atoms with van der Waals surface area (Å²) < 4.78 is 2.07. The lowest BCUT2D eigenvalue weighted by Gasteiger charge is -2.13. The maximum absolute atomic E-state index is 11.6. The first-order chi connectivity index (χ1) is 8.02. The van der Waals surface area contributed by atoms with Gasteiger partial charge in [-0.05, 0) is 35.3 Å². The number of aromatic nitrogens is 1. The highest BCUT2D eigenvalue weighted by molar-refractivity contribution is 9.10. The number of amides is 1. The smallest absolute Gasteiger partial charge is 0.251 e. The molecule has 0 aliphatic rings. The molecule has 0 aliphatic carbocycles. The molecule has 0 spiro atoms. The molecule has 1 heterocycles. The van der Waals surface area contributed by atoms with E-state index in [0.717, 1.165) is 4.47 Å². The van der Waals surface area contributed by atoms with E-state index in [-0.39, 0.29) is 30.7 Å². The first kappa shape index (κ1) is 13.9. The number of rotatable bonds is 5. The van der Waals surface area contributed by atoms with Gasteiger partial charge in [-0.3, -0.25) is 9.59 Å². The minimum Gasteiger partial charge on any atom is -0.396 e. The normalized spacial score (nSPS) is 12.2. The predicted molar refractivity (Wildman–Crippen MR) is 67.7 cm³/mol. The summed E-state index contributed by atoms with van der Waals surface area (Å²) in [5.74, 6) is -0.244. The molecule has 1 aromatic rings. The van der Waals surface area contributed by atoms with Crippen LogP contribution in [0.1, 0.15) is 13.3 Å². The maximum Gasteiger partial charge on any atom is 0.251 e. The number of carbonyl (C=O) groups is 1. The SMILES string of the molecule is CC(CCO)NC(=O)Cn1cc(Br)ccc1=O. The van der Waals surface area contributed by atoms with Gasteiger partial charge in [0.2, 0.25) is 5.91 Å². The van der Waals surface area contributed by atoms with Gasteiger partial charge in [0.05, 0.1) is 0 Å². The van der Waals surface area contributed by atoms with Crippen LogP contribution >= 0.6 is 15.9 Å². The fourth-order valence-electron chi connectivity index (χ4n) is 1.37. The Labute approximate surface area is 108 Å². The van der Waals surface area contributed by atoms with Gasteiger partial charge in [0.15, 0.2) is 0 Å². The molecule has 17 heavy (non-hydrogen) atoms. The molecule has 5 nitrogen and oxygen atoms in total. The molecule has 0 bridgehead atoms. The lowest BCUT2D eigenvalue weighted by Crippen LogP contribution is -2.37. The van der Waals surface area contributed by atoms with Crippen molar-refractivity contribution in [2.45, 2.75) is 25.9 Å². The summed E-state index contributed by atoms with van der Waals surface area (Å²) in [6.45, 7) is 1.81. The van der Waals surface area contributed by atoms with Crippen LogP contribution in [0, 0.1) is 0 Å². The van der Waals surface area contributed by atoms with Crippen LogP contribution in [0.25, 0.3) is 0 Å². The number of nitrogens with zero attached hydrogens (tertiary/aromatic N) is 1. The number of aliphatic hydroxyl groups excluding tert-OH is 1. The van der Waals surface area contributed by atoms with E-state index in [1.54, 1.807) is 19.2 Å². The second kappa shape index (κ2) is 6.56. The Bertz CT molecular complexity index is 445. The van der Waals surface area contributed by atoms with Crippen LogP contribution in [0.2, 0.25) is 0 Å². The van der Waals surface area contributed by atoms with E-state index in [4.69, 9.17) is 5.11 Å². The van der Waals surface area contributed by atoms with Gasteiger partial charge in [0.1, 0.15) is 6.54 Å². The summed E-state index contributed by atoms with van der Waals surface area (Å²) in [6.07, 6.45) is 2.07. The van der Waals surface area contributed by atoms with Crippen molar-refractivity contribution >= 4 is 21.8 Å². The number of hydrogen-bond acceptors (Lipinski definition) is 3. The molecule has 2 N–H and O–H groups in total. The molecule has 1 atom stereocenters. The molecule has 0 aliphatic heterocycles. The summed E-state index contributed by atoms with van der Waals surface area (Å²) in [5.41, 5.74) is -0.224. The third-order valence-electron chi connectivity index (χ3n) is 2.23. The van der Waals surface area contributed by atoms with E-state index >= 15 is 0 Å². The fourth-order valence-corrected chi connectivity index (χ4v) is 1.75. The molecule has 94 valence electrons. The molecule has 0 radical (unpaired) electrons. The number of hydrogen-bond donors (Lipinski definition) is 2. The van der Waals surface area contributed by atoms with Crippen LogP contribution in [0.4, 0.5) is 0 Å². The quantitative estimate of drug-likeness (QED) is 0.832. The lowest BCUT2D eigenvalue weighted by atomic mass is 10.2. The number of pyridine rings is 1. The zero-order valence-corrected chi connectivity index (χ0v) is 11.1. The molecule has 6 heteroatoms. The minimum absolute atomic E-state index is 0.0198. The largest absolute Gasteiger partial charge is 0.396 e. The van der Waals surface area contributed by atoms with Crippen LogP contribution in [-0.2, 0) is 11.3 Å².